The van der Waals surface area contributed by atoms with Gasteiger partial charge in [0.1, 0.15) is 5.75 Å². The molecule has 0 aliphatic heterocycles. The molecule has 0 radical (unpaired) electrons. The summed E-state index contributed by atoms with van der Waals surface area (Å²) in [6.07, 6.45) is 0.758. The predicted molar refractivity (Wildman–Crippen MR) is 115 cm³/mol. The zero-order valence-electron chi connectivity index (χ0n) is 16.5. The molecular weight excluding hydrogens is 376 g/mol. The minimum atomic E-state index is -0.0809. The lowest BCUT2D eigenvalue weighted by Gasteiger charge is -2.13. The van der Waals surface area contributed by atoms with Gasteiger partial charge in [-0.15, -0.1) is 0 Å². The average molecular weight is 403 g/mol. The van der Waals surface area contributed by atoms with E-state index in [0.29, 0.717) is 36.2 Å². The van der Waals surface area contributed by atoms with Crippen molar-refractivity contribution in [1.29, 1.82) is 0 Å². The summed E-state index contributed by atoms with van der Waals surface area (Å²) in [6.45, 7) is 3.72. The molecule has 0 heterocycles. The molecule has 7 heteroatoms. The molecule has 3 N–H and O–H groups in total. The topological polar surface area (TPSA) is 74.8 Å². The smallest absolute Gasteiger partial charge is 0.251 e. The Morgan fingerprint density at radius 3 is 2.50 bits per heavy atom. The molecule has 0 spiro atoms. The lowest BCUT2D eigenvalue weighted by molar-refractivity contribution is 0.0954. The first-order valence-electron chi connectivity index (χ1n) is 9.15. The molecule has 0 fully saturated rings. The minimum Gasteiger partial charge on any atom is -0.497 e. The molecule has 0 aromatic heterocycles. The Morgan fingerprint density at radius 2 is 1.82 bits per heavy atom. The molecule has 0 saturated carbocycles. The summed E-state index contributed by atoms with van der Waals surface area (Å²) >= 11 is 6.26. The number of carbonyl (C=O) groups is 1. The number of aryl methyl sites for hydroxylation is 1. The van der Waals surface area contributed by atoms with Gasteiger partial charge in [-0.3, -0.25) is 9.79 Å². The normalized spacial score (nSPS) is 11.1. The molecule has 2 aromatic carbocycles. The molecule has 28 heavy (non-hydrogen) atoms. The van der Waals surface area contributed by atoms with Crippen molar-refractivity contribution in [2.75, 3.05) is 33.8 Å². The molecule has 0 aliphatic carbocycles. The van der Waals surface area contributed by atoms with Gasteiger partial charge in [-0.1, -0.05) is 35.4 Å². The number of carbonyl (C=O) groups excluding carboxylic acids is 1. The van der Waals surface area contributed by atoms with Gasteiger partial charge in [0, 0.05) is 37.3 Å². The van der Waals surface area contributed by atoms with Crippen molar-refractivity contribution in [2.45, 2.75) is 13.3 Å². The summed E-state index contributed by atoms with van der Waals surface area (Å²) in [5.74, 6) is 1.34. The first-order valence-corrected chi connectivity index (χ1v) is 9.53. The molecule has 0 bridgehead atoms. The van der Waals surface area contributed by atoms with E-state index in [-0.39, 0.29) is 5.91 Å². The van der Waals surface area contributed by atoms with Gasteiger partial charge in [0.2, 0.25) is 0 Å². The Bertz CT molecular complexity index is 824. The number of nitrogens with zero attached hydrogens (tertiary/aromatic N) is 1. The van der Waals surface area contributed by atoms with Crippen LogP contribution in [0, 0.1) is 6.92 Å². The van der Waals surface area contributed by atoms with E-state index in [4.69, 9.17) is 16.3 Å². The number of amides is 1. The van der Waals surface area contributed by atoms with Crippen molar-refractivity contribution in [3.8, 4) is 5.75 Å². The zero-order valence-corrected chi connectivity index (χ0v) is 17.3. The fourth-order valence-corrected chi connectivity index (χ4v) is 2.90. The first kappa shape index (κ1) is 21.6. The van der Waals surface area contributed by atoms with Crippen LogP contribution in [0.2, 0.25) is 5.02 Å². The molecule has 0 saturated heterocycles. The molecule has 0 aliphatic rings. The van der Waals surface area contributed by atoms with Crippen LogP contribution in [0.5, 0.6) is 5.75 Å². The van der Waals surface area contributed by atoms with Crippen molar-refractivity contribution >= 4 is 23.5 Å². The van der Waals surface area contributed by atoms with Gasteiger partial charge in [-0.25, -0.2) is 0 Å². The quantitative estimate of drug-likeness (QED) is 0.360. The molecule has 1 amide bonds. The number of methoxy groups -OCH3 is 1. The zero-order chi connectivity index (χ0) is 20.4. The van der Waals surface area contributed by atoms with Crippen LogP contribution in [-0.4, -0.2) is 45.7 Å². The highest BCUT2D eigenvalue weighted by molar-refractivity contribution is 6.31. The third kappa shape index (κ3) is 6.78. The molecule has 2 aromatic rings. The van der Waals surface area contributed by atoms with Crippen molar-refractivity contribution in [2.24, 2.45) is 4.99 Å². The maximum atomic E-state index is 12.1. The predicted octanol–water partition coefficient (Wildman–Crippen LogP) is 2.79. The molecule has 0 atom stereocenters. The average Bonchev–Trinajstić information content (AvgIpc) is 2.70. The second-order valence-electron chi connectivity index (χ2n) is 6.26. The molecule has 0 unspecified atom stereocenters. The number of guanidine groups is 1. The summed E-state index contributed by atoms with van der Waals surface area (Å²) in [7, 11) is 3.33. The van der Waals surface area contributed by atoms with Crippen molar-refractivity contribution in [3.05, 3.63) is 64.2 Å². The van der Waals surface area contributed by atoms with Gasteiger partial charge in [0.05, 0.1) is 7.11 Å². The van der Waals surface area contributed by atoms with Crippen molar-refractivity contribution in [1.82, 2.24) is 16.0 Å². The number of hydrogen-bond acceptors (Lipinski definition) is 3. The van der Waals surface area contributed by atoms with Gasteiger partial charge in [0.25, 0.3) is 5.91 Å². The van der Waals surface area contributed by atoms with Crippen LogP contribution in [0.25, 0.3) is 0 Å². The lowest BCUT2D eigenvalue weighted by Crippen LogP contribution is -2.42. The van der Waals surface area contributed by atoms with Crippen LogP contribution < -0.4 is 20.7 Å². The maximum absolute atomic E-state index is 12.1. The Balaban J connectivity index is 1.69. The van der Waals surface area contributed by atoms with Crippen LogP contribution >= 0.6 is 11.6 Å². The lowest BCUT2D eigenvalue weighted by atomic mass is 10.1. The second-order valence-corrected chi connectivity index (χ2v) is 6.67. The number of benzene rings is 2. The van der Waals surface area contributed by atoms with Crippen LogP contribution in [0.3, 0.4) is 0 Å². The van der Waals surface area contributed by atoms with E-state index in [1.165, 1.54) is 0 Å². The van der Waals surface area contributed by atoms with E-state index in [1.54, 1.807) is 26.3 Å². The third-order valence-corrected chi connectivity index (χ3v) is 4.51. The van der Waals surface area contributed by atoms with Crippen LogP contribution in [0.4, 0.5) is 0 Å². The fourth-order valence-electron chi connectivity index (χ4n) is 2.64. The summed E-state index contributed by atoms with van der Waals surface area (Å²) < 4.78 is 5.16. The van der Waals surface area contributed by atoms with Gasteiger partial charge in [0.15, 0.2) is 5.96 Å². The van der Waals surface area contributed by atoms with Crippen LogP contribution in [0.1, 0.15) is 21.5 Å². The number of hydrogen-bond donors (Lipinski definition) is 3. The number of nitrogens with one attached hydrogen (secondary N) is 3. The Hall–Kier alpha value is -2.73. The molecule has 150 valence electrons. The first-order chi connectivity index (χ1) is 13.5. The van der Waals surface area contributed by atoms with Crippen LogP contribution in [-0.2, 0) is 6.42 Å². The third-order valence-electron chi connectivity index (χ3n) is 4.15. The Morgan fingerprint density at radius 1 is 1.07 bits per heavy atom. The Kier molecular flexibility index (Phi) is 8.62. The SMILES string of the molecule is CN=C(NCCNC(=O)c1cccc(C)c1)NCCc1ccc(OC)cc1Cl. The summed E-state index contributed by atoms with van der Waals surface area (Å²) in [5, 5.41) is 9.99. The summed E-state index contributed by atoms with van der Waals surface area (Å²) in [5.41, 5.74) is 2.77. The van der Waals surface area contributed by atoms with E-state index in [0.717, 1.165) is 23.3 Å². The Labute approximate surface area is 171 Å². The second kappa shape index (κ2) is 11.2. The van der Waals surface area contributed by atoms with Gasteiger partial charge >= 0.3 is 0 Å². The maximum Gasteiger partial charge on any atom is 0.251 e. The van der Waals surface area contributed by atoms with Crippen molar-refractivity contribution < 1.29 is 9.53 Å². The standard InChI is InChI=1S/C21H27ClN4O2/c1-15-5-4-6-17(13-15)20(27)24-11-12-26-21(23-2)25-10-9-16-7-8-18(28-3)14-19(16)22/h4-8,13-14H,9-12H2,1-3H3,(H,24,27)(H2,23,25,26). The van der Waals surface area contributed by atoms with E-state index in [9.17, 15) is 4.79 Å². The summed E-state index contributed by atoms with van der Waals surface area (Å²) in [6, 6.07) is 13.2. The van der Waals surface area contributed by atoms with Gasteiger partial charge < -0.3 is 20.7 Å². The number of ether oxygens (including phenoxy) is 1. The van der Waals surface area contributed by atoms with E-state index in [2.05, 4.69) is 20.9 Å². The monoisotopic (exact) mass is 402 g/mol. The molecule has 2 rings (SSSR count). The highest BCUT2D eigenvalue weighted by Crippen LogP contribution is 2.22. The van der Waals surface area contributed by atoms with E-state index < -0.39 is 0 Å². The number of rotatable bonds is 8. The summed E-state index contributed by atoms with van der Waals surface area (Å²) in [4.78, 5) is 16.3. The highest BCUT2D eigenvalue weighted by atomic mass is 35.5. The van der Waals surface area contributed by atoms with E-state index in [1.807, 2.05) is 37.3 Å². The van der Waals surface area contributed by atoms with Crippen LogP contribution in [0.15, 0.2) is 47.5 Å². The van der Waals surface area contributed by atoms with Gasteiger partial charge in [-0.05, 0) is 43.2 Å². The van der Waals surface area contributed by atoms with E-state index >= 15 is 0 Å². The largest absolute Gasteiger partial charge is 0.497 e. The molecule has 6 nitrogen and oxygen atoms in total. The minimum absolute atomic E-state index is 0.0809. The fraction of sp³-hybridized carbons (Fsp3) is 0.333. The van der Waals surface area contributed by atoms with Gasteiger partial charge in [-0.2, -0.15) is 0 Å². The number of aliphatic imine (C=N–C) groups is 1. The highest BCUT2D eigenvalue weighted by Gasteiger charge is 2.05. The van der Waals surface area contributed by atoms with Crippen molar-refractivity contribution in [3.63, 3.8) is 0 Å². The number of halogens is 1. The molecular formula is C21H27ClN4O2.